The number of hydrogen-bond donors (Lipinski definition) is 2. The Kier molecular flexibility index (Phi) is 8.87. The van der Waals surface area contributed by atoms with Gasteiger partial charge in [0.15, 0.2) is 5.96 Å². The van der Waals surface area contributed by atoms with E-state index in [-0.39, 0.29) is 0 Å². The second-order valence-electron chi connectivity index (χ2n) is 9.06. The van der Waals surface area contributed by atoms with E-state index in [1.165, 1.54) is 25.7 Å². The molecule has 1 aliphatic carbocycles. The first-order valence-corrected chi connectivity index (χ1v) is 11.6. The maximum absolute atomic E-state index is 5.70. The Morgan fingerprint density at radius 3 is 2.36 bits per heavy atom. The molecule has 2 atom stereocenters. The lowest BCUT2D eigenvalue weighted by Gasteiger charge is -2.37. The molecule has 1 saturated carbocycles. The highest BCUT2D eigenvalue weighted by Gasteiger charge is 2.31. The smallest absolute Gasteiger partial charge is 0.191 e. The summed E-state index contributed by atoms with van der Waals surface area (Å²) in [6.45, 7) is 14.1. The van der Waals surface area contributed by atoms with Crippen LogP contribution in [0.5, 0.6) is 0 Å². The lowest BCUT2D eigenvalue weighted by atomic mass is 9.80. The molecule has 0 amide bonds. The van der Waals surface area contributed by atoms with E-state index >= 15 is 0 Å². The molecule has 0 radical (unpaired) electrons. The van der Waals surface area contributed by atoms with Crippen LogP contribution in [0.3, 0.4) is 0 Å². The van der Waals surface area contributed by atoms with Crippen LogP contribution in [0.15, 0.2) is 4.99 Å². The highest BCUT2D eigenvalue weighted by atomic mass is 16.5. The van der Waals surface area contributed by atoms with Gasteiger partial charge in [-0.25, -0.2) is 0 Å². The molecule has 2 heterocycles. The maximum atomic E-state index is 5.70. The summed E-state index contributed by atoms with van der Waals surface area (Å²) in [4.78, 5) is 7.61. The summed E-state index contributed by atoms with van der Waals surface area (Å²) in [6, 6.07) is 1.02. The van der Waals surface area contributed by atoms with Crippen molar-refractivity contribution in [3.63, 3.8) is 0 Å². The standard InChI is InChI=1S/C22H42N4O2/c1-4-23-22(25-20-7-5-18(6-8-20)17(2)3)24-15-21(19-9-12-28-16-19)26-10-13-27-14-11-26/h17-21H,4-16H2,1-3H3,(H2,23,24,25). The molecule has 2 aliphatic heterocycles. The third-order valence-electron chi connectivity index (χ3n) is 6.86. The van der Waals surface area contributed by atoms with Gasteiger partial charge < -0.3 is 20.1 Å². The van der Waals surface area contributed by atoms with Crippen molar-refractivity contribution in [2.45, 2.75) is 65.0 Å². The molecule has 0 aromatic rings. The molecule has 6 heteroatoms. The summed E-state index contributed by atoms with van der Waals surface area (Å²) in [5, 5.41) is 7.21. The zero-order chi connectivity index (χ0) is 19.8. The average Bonchev–Trinajstić information content (AvgIpc) is 3.24. The second-order valence-corrected chi connectivity index (χ2v) is 9.06. The fourth-order valence-corrected chi connectivity index (χ4v) is 4.96. The molecule has 2 unspecified atom stereocenters. The van der Waals surface area contributed by atoms with Crippen LogP contribution in [0.4, 0.5) is 0 Å². The van der Waals surface area contributed by atoms with Gasteiger partial charge in [0.25, 0.3) is 0 Å². The lowest BCUT2D eigenvalue weighted by molar-refractivity contribution is 0.00368. The molecule has 0 bridgehead atoms. The minimum absolute atomic E-state index is 0.457. The molecule has 28 heavy (non-hydrogen) atoms. The number of guanidine groups is 1. The first kappa shape index (κ1) is 21.8. The van der Waals surface area contributed by atoms with Crippen LogP contribution in [0.25, 0.3) is 0 Å². The van der Waals surface area contributed by atoms with Gasteiger partial charge >= 0.3 is 0 Å². The maximum Gasteiger partial charge on any atom is 0.191 e. The molecule has 6 nitrogen and oxygen atoms in total. The Labute approximate surface area is 171 Å². The Bertz CT molecular complexity index is 465. The van der Waals surface area contributed by atoms with Crippen molar-refractivity contribution in [2.24, 2.45) is 22.7 Å². The van der Waals surface area contributed by atoms with E-state index < -0.39 is 0 Å². The average molecular weight is 395 g/mol. The predicted octanol–water partition coefficient (Wildman–Crippen LogP) is 2.49. The van der Waals surface area contributed by atoms with Crippen molar-refractivity contribution in [1.29, 1.82) is 0 Å². The molecule has 3 fully saturated rings. The van der Waals surface area contributed by atoms with Gasteiger partial charge in [-0.2, -0.15) is 0 Å². The molecular weight excluding hydrogens is 352 g/mol. The van der Waals surface area contributed by atoms with E-state index in [0.29, 0.717) is 18.0 Å². The van der Waals surface area contributed by atoms with Crippen molar-refractivity contribution < 1.29 is 9.47 Å². The number of rotatable bonds is 7. The van der Waals surface area contributed by atoms with Gasteiger partial charge in [0, 0.05) is 44.2 Å². The van der Waals surface area contributed by atoms with Crippen LogP contribution in [0, 0.1) is 17.8 Å². The van der Waals surface area contributed by atoms with E-state index in [0.717, 1.165) is 76.8 Å². The molecule has 0 aromatic heterocycles. The lowest BCUT2D eigenvalue weighted by Crippen LogP contribution is -2.50. The molecule has 0 spiro atoms. The predicted molar refractivity (Wildman–Crippen MR) is 115 cm³/mol. The third-order valence-corrected chi connectivity index (χ3v) is 6.86. The number of nitrogens with one attached hydrogen (secondary N) is 2. The van der Waals surface area contributed by atoms with Gasteiger partial charge in [0.1, 0.15) is 0 Å². The molecule has 162 valence electrons. The third kappa shape index (κ3) is 6.33. The highest BCUT2D eigenvalue weighted by molar-refractivity contribution is 5.80. The molecule has 3 rings (SSSR count). The van der Waals surface area contributed by atoms with E-state index in [9.17, 15) is 0 Å². The quantitative estimate of drug-likeness (QED) is 0.513. The molecule has 3 aliphatic rings. The number of morpholine rings is 1. The summed E-state index contributed by atoms with van der Waals surface area (Å²) >= 11 is 0. The van der Waals surface area contributed by atoms with Gasteiger partial charge in [-0.1, -0.05) is 13.8 Å². The van der Waals surface area contributed by atoms with Crippen LogP contribution in [-0.2, 0) is 9.47 Å². The van der Waals surface area contributed by atoms with Crippen molar-refractivity contribution in [3.05, 3.63) is 0 Å². The summed E-state index contributed by atoms with van der Waals surface area (Å²) < 4.78 is 11.3. The first-order valence-electron chi connectivity index (χ1n) is 11.6. The fraction of sp³-hybridized carbons (Fsp3) is 0.955. The first-order chi connectivity index (χ1) is 13.7. The van der Waals surface area contributed by atoms with Gasteiger partial charge in [0.05, 0.1) is 26.4 Å². The molecule has 2 saturated heterocycles. The van der Waals surface area contributed by atoms with Gasteiger partial charge in [-0.3, -0.25) is 9.89 Å². The monoisotopic (exact) mass is 394 g/mol. The van der Waals surface area contributed by atoms with Crippen LogP contribution in [-0.4, -0.2) is 75.5 Å². The van der Waals surface area contributed by atoms with Crippen LogP contribution in [0.1, 0.15) is 52.9 Å². The topological polar surface area (TPSA) is 58.1 Å². The van der Waals surface area contributed by atoms with E-state index in [4.69, 9.17) is 14.5 Å². The van der Waals surface area contributed by atoms with Crippen molar-refractivity contribution in [3.8, 4) is 0 Å². The van der Waals surface area contributed by atoms with Crippen molar-refractivity contribution in [2.75, 3.05) is 52.6 Å². The number of aliphatic imine (C=N–C) groups is 1. The molecular formula is C22H42N4O2. The van der Waals surface area contributed by atoms with E-state index in [1.807, 2.05) is 0 Å². The number of ether oxygens (including phenoxy) is 2. The number of hydrogen-bond acceptors (Lipinski definition) is 4. The van der Waals surface area contributed by atoms with Gasteiger partial charge in [-0.15, -0.1) is 0 Å². The Balaban J connectivity index is 1.57. The minimum Gasteiger partial charge on any atom is -0.381 e. The molecule has 2 N–H and O–H groups in total. The normalized spacial score (nSPS) is 31.1. The SMILES string of the molecule is CCNC(=NCC(C1CCOC1)N1CCOCC1)NC1CCC(C(C)C)CC1. The Morgan fingerprint density at radius 1 is 1.00 bits per heavy atom. The van der Waals surface area contributed by atoms with E-state index in [1.54, 1.807) is 0 Å². The summed E-state index contributed by atoms with van der Waals surface area (Å²) in [6.07, 6.45) is 6.35. The van der Waals surface area contributed by atoms with Crippen molar-refractivity contribution in [1.82, 2.24) is 15.5 Å². The van der Waals surface area contributed by atoms with Crippen LogP contribution in [0.2, 0.25) is 0 Å². The summed E-state index contributed by atoms with van der Waals surface area (Å²) in [5.41, 5.74) is 0. The van der Waals surface area contributed by atoms with E-state index in [2.05, 4.69) is 36.3 Å². The zero-order valence-corrected chi connectivity index (χ0v) is 18.3. The van der Waals surface area contributed by atoms with Crippen LogP contribution >= 0.6 is 0 Å². The Morgan fingerprint density at radius 2 is 1.75 bits per heavy atom. The fourth-order valence-electron chi connectivity index (χ4n) is 4.96. The summed E-state index contributed by atoms with van der Waals surface area (Å²) in [5.74, 6) is 3.29. The number of nitrogens with zero attached hydrogens (tertiary/aromatic N) is 2. The summed E-state index contributed by atoms with van der Waals surface area (Å²) in [7, 11) is 0. The largest absolute Gasteiger partial charge is 0.381 e. The zero-order valence-electron chi connectivity index (χ0n) is 18.3. The second kappa shape index (κ2) is 11.4. The minimum atomic E-state index is 0.457. The highest BCUT2D eigenvalue weighted by Crippen LogP contribution is 2.29. The van der Waals surface area contributed by atoms with Gasteiger partial charge in [-0.05, 0) is 50.9 Å². The Hall–Kier alpha value is -0.850. The van der Waals surface area contributed by atoms with Crippen LogP contribution < -0.4 is 10.6 Å². The molecule has 0 aromatic carbocycles. The van der Waals surface area contributed by atoms with Crippen molar-refractivity contribution >= 4 is 5.96 Å². The van der Waals surface area contributed by atoms with Gasteiger partial charge in [0.2, 0.25) is 0 Å².